The summed E-state index contributed by atoms with van der Waals surface area (Å²) in [7, 11) is -3.98. The van der Waals surface area contributed by atoms with Gasteiger partial charge in [-0.25, -0.2) is 12.8 Å². The number of halogens is 1. The molecule has 1 unspecified atom stereocenters. The van der Waals surface area contributed by atoms with E-state index in [2.05, 4.69) is 10.2 Å². The minimum Gasteiger partial charge on any atom is -0.379 e. The highest BCUT2D eigenvalue weighted by Crippen LogP contribution is 2.29. The summed E-state index contributed by atoms with van der Waals surface area (Å²) in [6.07, 6.45) is 0.292. The number of nitrogens with one attached hydrogen (secondary N) is 1. The fourth-order valence-electron chi connectivity index (χ4n) is 4.00. The van der Waals surface area contributed by atoms with Crippen molar-refractivity contribution in [2.24, 2.45) is 0 Å². The molecule has 2 aliphatic rings. The van der Waals surface area contributed by atoms with Gasteiger partial charge in [0.05, 0.1) is 18.1 Å². The number of benzene rings is 2. The molecule has 166 valence electrons. The number of hydrogen-bond acceptors (Lipinski definition) is 5. The van der Waals surface area contributed by atoms with Gasteiger partial charge in [-0.3, -0.25) is 9.69 Å². The van der Waals surface area contributed by atoms with Crippen molar-refractivity contribution in [3.05, 3.63) is 65.5 Å². The van der Waals surface area contributed by atoms with Crippen LogP contribution in [0.2, 0.25) is 0 Å². The number of carbonyl (C=O) groups is 1. The molecule has 1 saturated heterocycles. The summed E-state index contributed by atoms with van der Waals surface area (Å²) in [6, 6.07) is 11.4. The summed E-state index contributed by atoms with van der Waals surface area (Å²) in [5, 5.41) is 2.91. The topological polar surface area (TPSA) is 79.0 Å². The van der Waals surface area contributed by atoms with Crippen LogP contribution < -0.4 is 5.32 Å². The van der Waals surface area contributed by atoms with Crippen LogP contribution in [0.25, 0.3) is 0 Å². The number of carbonyl (C=O) groups excluding carboxylic acids is 1. The molecule has 0 aliphatic carbocycles. The molecule has 4 rings (SSSR count). The number of hydrogen-bond donors (Lipinski definition) is 1. The van der Waals surface area contributed by atoms with E-state index in [1.807, 2.05) is 24.3 Å². The Morgan fingerprint density at radius 2 is 1.74 bits per heavy atom. The van der Waals surface area contributed by atoms with Crippen LogP contribution in [-0.2, 0) is 32.5 Å². The van der Waals surface area contributed by atoms with Crippen LogP contribution in [0.1, 0.15) is 11.1 Å². The highest BCUT2D eigenvalue weighted by atomic mass is 32.2. The predicted molar refractivity (Wildman–Crippen MR) is 113 cm³/mol. The van der Waals surface area contributed by atoms with Crippen molar-refractivity contribution in [2.45, 2.75) is 23.9 Å². The first kappa shape index (κ1) is 21.9. The fraction of sp³-hybridized carbons (Fsp3) is 0.409. The number of amides is 1. The molecular weight excluding hydrogens is 421 g/mol. The van der Waals surface area contributed by atoms with Crippen molar-refractivity contribution >= 4 is 15.9 Å². The standard InChI is InChI=1S/C22H26FN3O4S/c23-19-5-7-20(8-6-19)31(28,29)26-16-18-4-2-1-3-17(18)15-21(26)22(27)24-9-10-25-11-13-30-14-12-25/h1-8,21H,9-16H2,(H,24,27). The molecule has 2 aliphatic heterocycles. The molecule has 0 aromatic heterocycles. The molecule has 0 radical (unpaired) electrons. The lowest BCUT2D eigenvalue weighted by Gasteiger charge is -2.35. The van der Waals surface area contributed by atoms with Crippen molar-refractivity contribution in [3.63, 3.8) is 0 Å². The summed E-state index contributed by atoms with van der Waals surface area (Å²) in [5.74, 6) is -0.839. The Morgan fingerprint density at radius 3 is 2.45 bits per heavy atom. The van der Waals surface area contributed by atoms with Gasteiger partial charge >= 0.3 is 0 Å². The van der Waals surface area contributed by atoms with Gasteiger partial charge < -0.3 is 10.1 Å². The van der Waals surface area contributed by atoms with E-state index in [4.69, 9.17) is 4.74 Å². The molecule has 0 saturated carbocycles. The first-order valence-electron chi connectivity index (χ1n) is 10.4. The van der Waals surface area contributed by atoms with E-state index in [1.165, 1.54) is 16.4 Å². The molecule has 7 nitrogen and oxygen atoms in total. The van der Waals surface area contributed by atoms with Crippen LogP contribution in [0.4, 0.5) is 4.39 Å². The molecule has 2 aromatic rings. The van der Waals surface area contributed by atoms with Gasteiger partial charge in [-0.2, -0.15) is 4.31 Å². The maximum Gasteiger partial charge on any atom is 0.244 e. The SMILES string of the molecule is O=C(NCCN1CCOCC1)C1Cc2ccccc2CN1S(=O)(=O)c1ccc(F)cc1. The van der Waals surface area contributed by atoms with Crippen LogP contribution >= 0.6 is 0 Å². The lowest BCUT2D eigenvalue weighted by atomic mass is 9.95. The zero-order valence-electron chi connectivity index (χ0n) is 17.2. The van der Waals surface area contributed by atoms with Crippen LogP contribution in [0.5, 0.6) is 0 Å². The highest BCUT2D eigenvalue weighted by molar-refractivity contribution is 7.89. The number of sulfonamides is 1. The van der Waals surface area contributed by atoms with E-state index < -0.39 is 21.9 Å². The minimum atomic E-state index is -3.98. The maximum absolute atomic E-state index is 13.3. The van der Waals surface area contributed by atoms with Crippen LogP contribution in [0.15, 0.2) is 53.4 Å². The first-order chi connectivity index (χ1) is 14.9. The lowest BCUT2D eigenvalue weighted by Crippen LogP contribution is -2.53. The molecule has 2 heterocycles. The van der Waals surface area contributed by atoms with Crippen molar-refractivity contribution in [3.8, 4) is 0 Å². The predicted octanol–water partition coefficient (Wildman–Crippen LogP) is 1.39. The number of rotatable bonds is 6. The molecule has 2 aromatic carbocycles. The zero-order valence-corrected chi connectivity index (χ0v) is 18.0. The highest BCUT2D eigenvalue weighted by Gasteiger charge is 2.39. The Kier molecular flexibility index (Phi) is 6.66. The van der Waals surface area contributed by atoms with Gasteiger partial charge in [-0.15, -0.1) is 0 Å². The van der Waals surface area contributed by atoms with Crippen LogP contribution in [-0.4, -0.2) is 69.0 Å². The van der Waals surface area contributed by atoms with Crippen molar-refractivity contribution in [2.75, 3.05) is 39.4 Å². The quantitative estimate of drug-likeness (QED) is 0.724. The number of fused-ring (bicyclic) bond motifs is 1. The fourth-order valence-corrected chi connectivity index (χ4v) is 5.56. The van der Waals surface area contributed by atoms with Gasteiger partial charge in [0.1, 0.15) is 11.9 Å². The summed E-state index contributed by atoms with van der Waals surface area (Å²) in [6.45, 7) is 4.20. The van der Waals surface area contributed by atoms with Gasteiger partial charge in [0.25, 0.3) is 0 Å². The Bertz CT molecular complexity index is 1020. The third-order valence-corrected chi connectivity index (χ3v) is 7.63. The Labute approximate surface area is 181 Å². The average Bonchev–Trinajstić information content (AvgIpc) is 2.79. The third kappa shape index (κ3) is 4.95. The first-order valence-corrected chi connectivity index (χ1v) is 11.8. The molecule has 9 heteroatoms. The number of ether oxygens (including phenoxy) is 1. The summed E-state index contributed by atoms with van der Waals surface area (Å²) in [5.41, 5.74) is 1.83. The molecule has 0 spiro atoms. The van der Waals surface area contributed by atoms with Gasteiger partial charge in [-0.05, 0) is 41.8 Å². The monoisotopic (exact) mass is 447 g/mol. The Hall–Kier alpha value is -2.33. The summed E-state index contributed by atoms with van der Waals surface area (Å²) >= 11 is 0. The van der Waals surface area contributed by atoms with E-state index in [0.29, 0.717) is 32.7 Å². The molecule has 1 N–H and O–H groups in total. The van der Waals surface area contributed by atoms with Crippen molar-refractivity contribution in [1.29, 1.82) is 0 Å². The molecule has 31 heavy (non-hydrogen) atoms. The second-order valence-corrected chi connectivity index (χ2v) is 9.63. The summed E-state index contributed by atoms with van der Waals surface area (Å²) in [4.78, 5) is 15.2. The van der Waals surface area contributed by atoms with Crippen molar-refractivity contribution in [1.82, 2.24) is 14.5 Å². The van der Waals surface area contributed by atoms with E-state index in [-0.39, 0.29) is 17.3 Å². The van der Waals surface area contributed by atoms with E-state index >= 15 is 0 Å². The maximum atomic E-state index is 13.3. The second-order valence-electron chi connectivity index (χ2n) is 7.74. The zero-order chi connectivity index (χ0) is 21.8. The van der Waals surface area contributed by atoms with Crippen molar-refractivity contribution < 1.29 is 22.3 Å². The number of morpholine rings is 1. The average molecular weight is 448 g/mol. The smallest absolute Gasteiger partial charge is 0.244 e. The molecule has 0 bridgehead atoms. The van der Waals surface area contributed by atoms with E-state index in [0.717, 1.165) is 36.3 Å². The van der Waals surface area contributed by atoms with Gasteiger partial charge in [-0.1, -0.05) is 24.3 Å². The summed E-state index contributed by atoms with van der Waals surface area (Å²) < 4.78 is 46.6. The lowest BCUT2D eigenvalue weighted by molar-refractivity contribution is -0.125. The number of nitrogens with zero attached hydrogens (tertiary/aromatic N) is 2. The molecule has 1 amide bonds. The van der Waals surface area contributed by atoms with Crippen LogP contribution in [0.3, 0.4) is 0 Å². The molecular formula is C22H26FN3O4S. The van der Waals surface area contributed by atoms with Gasteiger partial charge in [0.2, 0.25) is 15.9 Å². The Balaban J connectivity index is 1.54. The normalized spacial score (nSPS) is 20.2. The minimum absolute atomic E-state index is 0.0283. The van der Waals surface area contributed by atoms with E-state index in [9.17, 15) is 17.6 Å². The van der Waals surface area contributed by atoms with Gasteiger partial charge in [0, 0.05) is 32.7 Å². The van der Waals surface area contributed by atoms with Gasteiger partial charge in [0.15, 0.2) is 0 Å². The Morgan fingerprint density at radius 1 is 1.06 bits per heavy atom. The largest absolute Gasteiger partial charge is 0.379 e. The third-order valence-electron chi connectivity index (χ3n) is 5.76. The van der Waals surface area contributed by atoms with Crippen LogP contribution in [0, 0.1) is 5.82 Å². The molecule has 1 fully saturated rings. The van der Waals surface area contributed by atoms with E-state index in [1.54, 1.807) is 0 Å². The molecule has 1 atom stereocenters. The second kappa shape index (κ2) is 9.44.